The molecular weight excluding hydrogens is 500 g/mol. The Morgan fingerprint density at radius 1 is 1.22 bits per heavy atom. The van der Waals surface area contributed by atoms with Crippen molar-refractivity contribution in [1.82, 2.24) is 19.7 Å². The van der Waals surface area contributed by atoms with Crippen LogP contribution in [0.15, 0.2) is 41.0 Å². The highest BCUT2D eigenvalue weighted by molar-refractivity contribution is 7.93. The van der Waals surface area contributed by atoms with Crippen molar-refractivity contribution >= 4 is 21.9 Å². The van der Waals surface area contributed by atoms with Crippen LogP contribution in [0.25, 0.3) is 17.3 Å². The molecule has 3 aromatic rings. The van der Waals surface area contributed by atoms with Gasteiger partial charge in [0.25, 0.3) is 0 Å². The maximum atomic E-state index is 13.5. The van der Waals surface area contributed by atoms with Gasteiger partial charge in [0, 0.05) is 13.0 Å². The number of sulfonamides is 1. The Hall–Kier alpha value is -4.05. The van der Waals surface area contributed by atoms with Crippen LogP contribution in [0.2, 0.25) is 0 Å². The van der Waals surface area contributed by atoms with Crippen LogP contribution in [0.1, 0.15) is 33.1 Å². The number of nitrogens with zero attached hydrogens (tertiary/aromatic N) is 5. The van der Waals surface area contributed by atoms with E-state index in [-0.39, 0.29) is 30.6 Å². The van der Waals surface area contributed by atoms with Gasteiger partial charge in [0.05, 0.1) is 31.8 Å². The summed E-state index contributed by atoms with van der Waals surface area (Å²) >= 11 is 0. The molecule has 0 saturated carbocycles. The van der Waals surface area contributed by atoms with Crippen molar-refractivity contribution < 1.29 is 27.1 Å². The quantitative estimate of drug-likeness (QED) is 0.442. The molecule has 37 heavy (non-hydrogen) atoms. The summed E-state index contributed by atoms with van der Waals surface area (Å²) in [6.07, 6.45) is 2.79. The van der Waals surface area contributed by atoms with Gasteiger partial charge in [-0.2, -0.15) is 5.26 Å². The van der Waals surface area contributed by atoms with Crippen molar-refractivity contribution in [2.24, 2.45) is 0 Å². The van der Waals surface area contributed by atoms with Crippen molar-refractivity contribution in [2.45, 2.75) is 43.9 Å². The molecule has 3 heterocycles. The zero-order valence-corrected chi connectivity index (χ0v) is 21.8. The highest BCUT2D eigenvalue weighted by atomic mass is 32.2. The van der Waals surface area contributed by atoms with Gasteiger partial charge in [-0.15, -0.1) is 10.2 Å². The fourth-order valence-corrected chi connectivity index (χ4v) is 5.24. The molecule has 0 aliphatic carbocycles. The molecule has 2 aromatic heterocycles. The van der Waals surface area contributed by atoms with E-state index >= 15 is 0 Å². The Kier molecular flexibility index (Phi) is 7.13. The number of benzene rings is 1. The molecule has 4 rings (SSSR count). The third kappa shape index (κ3) is 4.84. The van der Waals surface area contributed by atoms with Crippen LogP contribution >= 0.6 is 0 Å². The lowest BCUT2D eigenvalue weighted by Crippen LogP contribution is -2.55. The standard InChI is InChI=1S/C24H28N6O6S/c1-16(14-29-20(31)11-6-12-24(29,2)15-25)37(32,33)28-23-27-26-22(19-10-7-13-36-19)30(23)21-17(34-3)8-5-9-18(21)35-4/h5,7-10,13,16H,6,11-12,14H2,1-4H3,(H,27,28)/t16?,24-/m0/s1. The number of aromatic nitrogens is 3. The average Bonchev–Trinajstić information content (AvgIpc) is 3.55. The van der Waals surface area contributed by atoms with E-state index in [2.05, 4.69) is 21.0 Å². The molecule has 1 unspecified atom stereocenters. The Morgan fingerprint density at radius 2 is 1.92 bits per heavy atom. The third-order valence-electron chi connectivity index (χ3n) is 6.42. The minimum Gasteiger partial charge on any atom is -0.494 e. The number of nitriles is 1. The maximum Gasteiger partial charge on any atom is 0.243 e. The fourth-order valence-electron chi connectivity index (χ4n) is 4.31. The zero-order valence-electron chi connectivity index (χ0n) is 21.0. The lowest BCUT2D eigenvalue weighted by molar-refractivity contribution is -0.138. The van der Waals surface area contributed by atoms with E-state index in [0.29, 0.717) is 35.8 Å². The third-order valence-corrected chi connectivity index (χ3v) is 8.10. The van der Waals surface area contributed by atoms with E-state index < -0.39 is 20.8 Å². The number of likely N-dealkylation sites (tertiary alicyclic amines) is 1. The number of hydrogen-bond donors (Lipinski definition) is 1. The first kappa shape index (κ1) is 26.0. The van der Waals surface area contributed by atoms with Gasteiger partial charge in [0.1, 0.15) is 22.7 Å². The normalized spacial score (nSPS) is 18.8. The first-order chi connectivity index (χ1) is 17.6. The number of amides is 1. The zero-order chi connectivity index (χ0) is 26.8. The summed E-state index contributed by atoms with van der Waals surface area (Å²) in [7, 11) is -1.16. The second-order valence-electron chi connectivity index (χ2n) is 8.87. The van der Waals surface area contributed by atoms with Gasteiger partial charge in [-0.1, -0.05) is 6.07 Å². The van der Waals surface area contributed by atoms with Crippen LogP contribution in [-0.2, 0) is 14.8 Å². The number of furan rings is 1. The minimum absolute atomic E-state index is 0.130. The molecule has 196 valence electrons. The number of rotatable bonds is 9. The van der Waals surface area contributed by atoms with Crippen LogP contribution in [0.4, 0.5) is 5.95 Å². The van der Waals surface area contributed by atoms with Crippen molar-refractivity contribution in [3.05, 3.63) is 36.6 Å². The average molecular weight is 529 g/mol. The minimum atomic E-state index is -4.11. The maximum absolute atomic E-state index is 13.5. The summed E-state index contributed by atoms with van der Waals surface area (Å²) in [6.45, 7) is 2.96. The summed E-state index contributed by atoms with van der Waals surface area (Å²) in [5.74, 6) is 0.922. The van der Waals surface area contributed by atoms with Crippen LogP contribution < -0.4 is 14.2 Å². The molecule has 1 aliphatic rings. The van der Waals surface area contributed by atoms with E-state index in [1.54, 1.807) is 37.3 Å². The number of piperidine rings is 1. The van der Waals surface area contributed by atoms with Crippen molar-refractivity contribution in [2.75, 3.05) is 25.5 Å². The number of carbonyl (C=O) groups excluding carboxylic acids is 1. The molecule has 1 saturated heterocycles. The summed E-state index contributed by atoms with van der Waals surface area (Å²) in [6, 6.07) is 10.6. The molecule has 0 bridgehead atoms. The Balaban J connectivity index is 1.75. The molecule has 0 radical (unpaired) electrons. The Bertz CT molecular complexity index is 1410. The first-order valence-electron chi connectivity index (χ1n) is 11.6. The molecular formula is C24H28N6O6S. The van der Waals surface area contributed by atoms with Crippen molar-refractivity contribution in [3.8, 4) is 34.8 Å². The monoisotopic (exact) mass is 528 g/mol. The van der Waals surface area contributed by atoms with Gasteiger partial charge in [-0.3, -0.25) is 14.1 Å². The van der Waals surface area contributed by atoms with E-state index in [9.17, 15) is 18.5 Å². The predicted octanol–water partition coefficient (Wildman–Crippen LogP) is 2.97. The van der Waals surface area contributed by atoms with Crippen molar-refractivity contribution in [1.29, 1.82) is 5.26 Å². The number of carbonyl (C=O) groups is 1. The van der Waals surface area contributed by atoms with Crippen LogP contribution in [0.5, 0.6) is 11.5 Å². The summed E-state index contributed by atoms with van der Waals surface area (Å²) in [5, 5.41) is 16.9. The van der Waals surface area contributed by atoms with Gasteiger partial charge in [0.15, 0.2) is 5.76 Å². The molecule has 1 aliphatic heterocycles. The first-order valence-corrected chi connectivity index (χ1v) is 13.1. The molecule has 13 heteroatoms. The number of para-hydroxylation sites is 1. The number of hydrogen-bond acceptors (Lipinski definition) is 9. The van der Waals surface area contributed by atoms with Crippen LogP contribution in [0.3, 0.4) is 0 Å². The number of nitrogens with one attached hydrogen (secondary N) is 1. The lowest BCUT2D eigenvalue weighted by atomic mass is 9.89. The molecule has 1 amide bonds. The SMILES string of the molecule is COc1cccc(OC)c1-n1c(NS(=O)(=O)C(C)CN2C(=O)CCC[C@@]2(C)C#N)nnc1-c1ccco1. The van der Waals surface area contributed by atoms with Gasteiger partial charge in [0.2, 0.25) is 27.7 Å². The van der Waals surface area contributed by atoms with Gasteiger partial charge >= 0.3 is 0 Å². The van der Waals surface area contributed by atoms with Crippen LogP contribution in [-0.4, -0.2) is 65.5 Å². The molecule has 2 atom stereocenters. The highest BCUT2D eigenvalue weighted by Gasteiger charge is 2.41. The molecule has 12 nitrogen and oxygen atoms in total. The fraction of sp³-hybridized carbons (Fsp3) is 0.417. The molecule has 0 spiro atoms. The highest BCUT2D eigenvalue weighted by Crippen LogP contribution is 2.38. The molecule has 1 fully saturated rings. The number of ether oxygens (including phenoxy) is 2. The van der Waals surface area contributed by atoms with Crippen molar-refractivity contribution in [3.63, 3.8) is 0 Å². The topological polar surface area (TPSA) is 153 Å². The second kappa shape index (κ2) is 10.1. The molecule has 1 N–H and O–H groups in total. The van der Waals surface area contributed by atoms with Gasteiger partial charge < -0.3 is 18.8 Å². The summed E-state index contributed by atoms with van der Waals surface area (Å²) in [4.78, 5) is 13.9. The van der Waals surface area contributed by atoms with Gasteiger partial charge in [-0.25, -0.2) is 8.42 Å². The summed E-state index contributed by atoms with van der Waals surface area (Å²) in [5.41, 5.74) is -0.714. The predicted molar refractivity (Wildman–Crippen MR) is 134 cm³/mol. The van der Waals surface area contributed by atoms with E-state index in [1.807, 2.05) is 0 Å². The van der Waals surface area contributed by atoms with E-state index in [4.69, 9.17) is 13.9 Å². The molecule has 1 aromatic carbocycles. The smallest absolute Gasteiger partial charge is 0.243 e. The van der Waals surface area contributed by atoms with Crippen LogP contribution in [0, 0.1) is 11.3 Å². The Labute approximate surface area is 214 Å². The number of anilines is 1. The second-order valence-corrected chi connectivity index (χ2v) is 11.0. The lowest BCUT2D eigenvalue weighted by Gasteiger charge is -2.40. The van der Waals surface area contributed by atoms with Gasteiger partial charge in [-0.05, 0) is 51.0 Å². The number of methoxy groups -OCH3 is 2. The Morgan fingerprint density at radius 3 is 2.51 bits per heavy atom. The summed E-state index contributed by atoms with van der Waals surface area (Å²) < 4.78 is 47.4. The largest absolute Gasteiger partial charge is 0.494 e. The van der Waals surface area contributed by atoms with E-state index in [0.717, 1.165) is 0 Å². The van der Waals surface area contributed by atoms with E-state index in [1.165, 1.54) is 36.9 Å².